The van der Waals surface area contributed by atoms with Gasteiger partial charge in [-0.3, -0.25) is 0 Å². The van der Waals surface area contributed by atoms with Crippen molar-refractivity contribution < 1.29 is 17.6 Å². The van der Waals surface area contributed by atoms with E-state index in [0.29, 0.717) is 5.56 Å². The largest absolute Gasteiger partial charge is 0.391 e. The summed E-state index contributed by atoms with van der Waals surface area (Å²) < 4.78 is 51.3. The van der Waals surface area contributed by atoms with Gasteiger partial charge in [0, 0.05) is 5.54 Å². The maximum atomic E-state index is 13.4. The van der Waals surface area contributed by atoms with Gasteiger partial charge in [-0.1, -0.05) is 6.07 Å². The zero-order valence-electron chi connectivity index (χ0n) is 10.7. The van der Waals surface area contributed by atoms with Crippen molar-refractivity contribution in [2.45, 2.75) is 44.3 Å². The molecule has 1 aliphatic rings. The first-order valence-corrected chi connectivity index (χ1v) is 6.34. The van der Waals surface area contributed by atoms with Crippen LogP contribution in [0.5, 0.6) is 0 Å². The molecule has 1 nitrogen and oxygen atoms in total. The Kier molecular flexibility index (Phi) is 3.60. The molecule has 0 unspecified atom stereocenters. The van der Waals surface area contributed by atoms with Gasteiger partial charge in [0.15, 0.2) is 0 Å². The Morgan fingerprint density at radius 3 is 2.21 bits per heavy atom. The average molecular weight is 275 g/mol. The molecule has 1 aromatic carbocycles. The maximum Gasteiger partial charge on any atom is 0.391 e. The Bertz CT molecular complexity index is 439. The number of aryl methyl sites for hydroxylation is 1. The molecule has 0 radical (unpaired) electrons. The SMILES string of the molecule is Cc1cc(F)cc(C2(N)CCC(C(F)(F)F)CC2)c1. The fourth-order valence-electron chi connectivity index (χ4n) is 2.77. The first-order chi connectivity index (χ1) is 8.71. The summed E-state index contributed by atoms with van der Waals surface area (Å²) in [4.78, 5) is 0. The Balaban J connectivity index is 2.18. The van der Waals surface area contributed by atoms with E-state index in [0.717, 1.165) is 5.56 Å². The number of hydrogen-bond donors (Lipinski definition) is 1. The molecular weight excluding hydrogens is 258 g/mol. The zero-order chi connectivity index (χ0) is 14.3. The van der Waals surface area contributed by atoms with Crippen molar-refractivity contribution in [3.8, 4) is 0 Å². The van der Waals surface area contributed by atoms with Gasteiger partial charge < -0.3 is 5.73 Å². The highest BCUT2D eigenvalue weighted by Crippen LogP contribution is 2.44. The van der Waals surface area contributed by atoms with Crippen LogP contribution in [0.1, 0.15) is 36.8 Å². The molecule has 0 spiro atoms. The normalized spacial score (nSPS) is 28.4. The summed E-state index contributed by atoms with van der Waals surface area (Å²) in [6.07, 6.45) is -3.66. The monoisotopic (exact) mass is 275 g/mol. The minimum atomic E-state index is -4.15. The molecule has 0 atom stereocenters. The predicted molar refractivity (Wildman–Crippen MR) is 65.0 cm³/mol. The molecule has 1 aliphatic carbocycles. The van der Waals surface area contributed by atoms with Gasteiger partial charge in [0.1, 0.15) is 5.82 Å². The number of alkyl halides is 3. The van der Waals surface area contributed by atoms with E-state index in [4.69, 9.17) is 5.73 Å². The molecular formula is C14H17F4N. The fourth-order valence-corrected chi connectivity index (χ4v) is 2.77. The van der Waals surface area contributed by atoms with E-state index in [1.165, 1.54) is 12.1 Å². The lowest BCUT2D eigenvalue weighted by Crippen LogP contribution is -2.43. The standard InChI is InChI=1S/C14H17F4N/c1-9-6-11(8-12(15)7-9)13(19)4-2-10(3-5-13)14(16,17)18/h6-8,10H,2-5,19H2,1H3. The molecule has 106 valence electrons. The molecule has 19 heavy (non-hydrogen) atoms. The van der Waals surface area contributed by atoms with Gasteiger partial charge in [0.25, 0.3) is 0 Å². The van der Waals surface area contributed by atoms with Crippen molar-refractivity contribution in [1.29, 1.82) is 0 Å². The predicted octanol–water partition coefficient (Wildman–Crippen LogP) is 4.04. The topological polar surface area (TPSA) is 26.0 Å². The van der Waals surface area contributed by atoms with Gasteiger partial charge in [0.05, 0.1) is 5.92 Å². The molecule has 2 N–H and O–H groups in total. The van der Waals surface area contributed by atoms with E-state index < -0.39 is 23.5 Å². The first kappa shape index (κ1) is 14.3. The van der Waals surface area contributed by atoms with E-state index in [9.17, 15) is 17.6 Å². The number of nitrogens with two attached hydrogens (primary N) is 1. The molecule has 0 heterocycles. The highest BCUT2D eigenvalue weighted by Gasteiger charge is 2.45. The van der Waals surface area contributed by atoms with E-state index in [1.807, 2.05) is 0 Å². The van der Waals surface area contributed by atoms with Crippen molar-refractivity contribution in [3.05, 3.63) is 35.1 Å². The molecule has 0 amide bonds. The van der Waals surface area contributed by atoms with Crippen molar-refractivity contribution in [2.24, 2.45) is 11.7 Å². The zero-order valence-corrected chi connectivity index (χ0v) is 10.7. The molecule has 0 aliphatic heterocycles. The lowest BCUT2D eigenvalue weighted by molar-refractivity contribution is -0.184. The van der Waals surface area contributed by atoms with Crippen molar-refractivity contribution in [2.75, 3.05) is 0 Å². The average Bonchev–Trinajstić information content (AvgIpc) is 2.27. The van der Waals surface area contributed by atoms with Crippen molar-refractivity contribution in [3.63, 3.8) is 0 Å². The van der Waals surface area contributed by atoms with Crippen LogP contribution in [0.2, 0.25) is 0 Å². The summed E-state index contributed by atoms with van der Waals surface area (Å²) in [5.74, 6) is -1.67. The van der Waals surface area contributed by atoms with E-state index in [2.05, 4.69) is 0 Å². The molecule has 1 aromatic rings. The molecule has 0 saturated heterocycles. The van der Waals surface area contributed by atoms with E-state index >= 15 is 0 Å². The van der Waals surface area contributed by atoms with Crippen LogP contribution in [-0.4, -0.2) is 6.18 Å². The summed E-state index contributed by atoms with van der Waals surface area (Å²) in [7, 11) is 0. The van der Waals surface area contributed by atoms with Crippen LogP contribution >= 0.6 is 0 Å². The Hall–Kier alpha value is -1.10. The molecule has 0 bridgehead atoms. The Morgan fingerprint density at radius 1 is 1.16 bits per heavy atom. The van der Waals surface area contributed by atoms with Gasteiger partial charge in [-0.15, -0.1) is 0 Å². The number of benzene rings is 1. The summed E-state index contributed by atoms with van der Waals surface area (Å²) >= 11 is 0. The maximum absolute atomic E-state index is 13.4. The third kappa shape index (κ3) is 3.08. The van der Waals surface area contributed by atoms with E-state index in [-0.39, 0.29) is 25.7 Å². The van der Waals surface area contributed by atoms with Crippen LogP contribution in [0.25, 0.3) is 0 Å². The van der Waals surface area contributed by atoms with E-state index in [1.54, 1.807) is 13.0 Å². The van der Waals surface area contributed by atoms with Crippen LogP contribution in [0, 0.1) is 18.7 Å². The summed E-state index contributed by atoms with van der Waals surface area (Å²) in [6.45, 7) is 1.75. The Labute approximate surface area is 109 Å². The van der Waals surface area contributed by atoms with Crippen LogP contribution < -0.4 is 5.73 Å². The second-order valence-corrected chi connectivity index (χ2v) is 5.49. The van der Waals surface area contributed by atoms with Gasteiger partial charge in [-0.05, 0) is 55.9 Å². The number of rotatable bonds is 1. The van der Waals surface area contributed by atoms with Gasteiger partial charge in [0.2, 0.25) is 0 Å². The smallest absolute Gasteiger partial charge is 0.321 e. The van der Waals surface area contributed by atoms with Gasteiger partial charge in [-0.25, -0.2) is 4.39 Å². The lowest BCUT2D eigenvalue weighted by atomic mass is 9.73. The van der Waals surface area contributed by atoms with Crippen LogP contribution in [-0.2, 0) is 5.54 Å². The molecule has 0 aromatic heterocycles. The molecule has 1 fully saturated rings. The summed E-state index contributed by atoms with van der Waals surface area (Å²) in [5.41, 5.74) is 6.69. The third-order valence-corrected chi connectivity index (χ3v) is 3.96. The summed E-state index contributed by atoms with van der Waals surface area (Å²) in [6, 6.07) is 4.48. The summed E-state index contributed by atoms with van der Waals surface area (Å²) in [5, 5.41) is 0. The van der Waals surface area contributed by atoms with Gasteiger partial charge >= 0.3 is 6.18 Å². The number of hydrogen-bond acceptors (Lipinski definition) is 1. The minimum Gasteiger partial charge on any atom is -0.321 e. The Morgan fingerprint density at radius 2 is 1.74 bits per heavy atom. The van der Waals surface area contributed by atoms with Crippen molar-refractivity contribution >= 4 is 0 Å². The van der Waals surface area contributed by atoms with Crippen LogP contribution in [0.4, 0.5) is 17.6 Å². The molecule has 1 saturated carbocycles. The van der Waals surface area contributed by atoms with Gasteiger partial charge in [-0.2, -0.15) is 13.2 Å². The molecule has 2 rings (SSSR count). The van der Waals surface area contributed by atoms with Crippen molar-refractivity contribution in [1.82, 2.24) is 0 Å². The minimum absolute atomic E-state index is 0.00949. The highest BCUT2D eigenvalue weighted by molar-refractivity contribution is 5.30. The quantitative estimate of drug-likeness (QED) is 0.769. The lowest BCUT2D eigenvalue weighted by Gasteiger charge is -2.38. The fraction of sp³-hybridized carbons (Fsp3) is 0.571. The first-order valence-electron chi connectivity index (χ1n) is 6.34. The molecule has 5 heteroatoms. The second kappa shape index (κ2) is 4.78. The third-order valence-electron chi connectivity index (χ3n) is 3.96. The van der Waals surface area contributed by atoms with Crippen LogP contribution in [0.15, 0.2) is 18.2 Å². The van der Waals surface area contributed by atoms with Crippen LogP contribution in [0.3, 0.4) is 0 Å². The number of halogens is 4. The second-order valence-electron chi connectivity index (χ2n) is 5.49. The highest BCUT2D eigenvalue weighted by atomic mass is 19.4.